The number of piperidine rings is 1. The zero-order chi connectivity index (χ0) is 25.1. The van der Waals surface area contributed by atoms with Gasteiger partial charge in [0.2, 0.25) is 5.91 Å². The Morgan fingerprint density at radius 3 is 2.97 bits per heavy atom. The number of methoxy groups -OCH3 is 1. The molecule has 3 aromatic rings. The summed E-state index contributed by atoms with van der Waals surface area (Å²) < 4.78 is 13.5. The van der Waals surface area contributed by atoms with Crippen LogP contribution >= 0.6 is 0 Å². The van der Waals surface area contributed by atoms with Crippen molar-refractivity contribution >= 4 is 11.7 Å². The fourth-order valence-electron chi connectivity index (χ4n) is 4.62. The molecule has 2 aliphatic rings. The Balaban J connectivity index is 1.51. The van der Waals surface area contributed by atoms with E-state index in [0.717, 1.165) is 29.3 Å². The van der Waals surface area contributed by atoms with Crippen molar-refractivity contribution in [3.63, 3.8) is 0 Å². The quantitative estimate of drug-likeness (QED) is 0.479. The first-order valence-electron chi connectivity index (χ1n) is 11.9. The zero-order valence-electron chi connectivity index (χ0n) is 20.2. The van der Waals surface area contributed by atoms with Crippen molar-refractivity contribution in [3.8, 4) is 22.8 Å². The molecule has 4 heterocycles. The van der Waals surface area contributed by atoms with Crippen molar-refractivity contribution in [2.24, 2.45) is 10.7 Å². The van der Waals surface area contributed by atoms with Crippen LogP contribution < -0.4 is 31.2 Å². The number of rotatable bonds is 7. The minimum absolute atomic E-state index is 0.0114. The van der Waals surface area contributed by atoms with Crippen LogP contribution in [0.25, 0.3) is 17.1 Å². The van der Waals surface area contributed by atoms with Crippen molar-refractivity contribution in [1.82, 2.24) is 25.0 Å². The number of pyridine rings is 1. The van der Waals surface area contributed by atoms with Crippen molar-refractivity contribution in [1.29, 1.82) is 0 Å². The molecule has 0 aliphatic carbocycles. The summed E-state index contributed by atoms with van der Waals surface area (Å²) in [5.74, 6) is 1.62. The second kappa shape index (κ2) is 10.1. The van der Waals surface area contributed by atoms with E-state index in [1.165, 1.54) is 6.08 Å². The highest BCUT2D eigenvalue weighted by Crippen LogP contribution is 2.32. The van der Waals surface area contributed by atoms with Gasteiger partial charge in [-0.25, -0.2) is 9.67 Å². The minimum Gasteiger partial charge on any atom is -0.493 e. The number of aromatic nitrogens is 3. The molecule has 1 fully saturated rings. The molecule has 5 rings (SSSR count). The number of likely N-dealkylation sites (tertiary alicyclic amines) is 1. The summed E-state index contributed by atoms with van der Waals surface area (Å²) in [4.78, 5) is 23.0. The maximum atomic E-state index is 12.2. The Hall–Kier alpha value is -4.34. The maximum absolute atomic E-state index is 12.2. The first-order chi connectivity index (χ1) is 17.6. The standard InChI is InChI=1S/C26H29N7O3/c1-3-22(34)32-12-6-8-19(14-32)33-26-23(25(27)29-16-30-26)24(31-33)17-9-10-20(21(13-17)35-2)36-15-18-7-4-5-11-28-18/h3-5,7,9-11,13,19,29H,1,6,8,12,14-16,27H2,2H3/t19-/m1/s1. The molecule has 10 nitrogen and oxygen atoms in total. The van der Waals surface area contributed by atoms with Crippen molar-refractivity contribution in [2.45, 2.75) is 25.5 Å². The van der Waals surface area contributed by atoms with Gasteiger partial charge >= 0.3 is 0 Å². The van der Waals surface area contributed by atoms with Crippen LogP contribution in [0.4, 0.5) is 0 Å². The number of amides is 1. The fraction of sp³-hybridized carbons (Fsp3) is 0.308. The van der Waals surface area contributed by atoms with E-state index in [1.807, 2.05) is 41.1 Å². The highest BCUT2D eigenvalue weighted by Gasteiger charge is 2.27. The number of ether oxygens (including phenoxy) is 2. The SMILES string of the molecule is C=CC(=O)N1CCC[C@@H](n2nc(-c3ccc(OCc4ccccn4)c(OC)c3)c3c2=NCNC=3N)C1. The molecule has 1 atom stereocenters. The number of carbonyl (C=O) groups is 1. The van der Waals surface area contributed by atoms with Gasteiger partial charge in [0, 0.05) is 24.8 Å². The lowest BCUT2D eigenvalue weighted by molar-refractivity contribution is -0.127. The number of hydrogen-bond donors (Lipinski definition) is 2. The predicted molar refractivity (Wildman–Crippen MR) is 134 cm³/mol. The van der Waals surface area contributed by atoms with Crippen LogP contribution in [0.15, 0.2) is 60.2 Å². The van der Waals surface area contributed by atoms with E-state index in [-0.39, 0.29) is 11.9 Å². The summed E-state index contributed by atoms with van der Waals surface area (Å²) in [6.07, 6.45) is 4.86. The molecule has 2 aromatic heterocycles. The van der Waals surface area contributed by atoms with E-state index < -0.39 is 0 Å². The van der Waals surface area contributed by atoms with E-state index >= 15 is 0 Å². The third-order valence-corrected chi connectivity index (χ3v) is 6.42. The smallest absolute Gasteiger partial charge is 0.246 e. The summed E-state index contributed by atoms with van der Waals surface area (Å²) in [6.45, 7) is 5.58. The number of fused-ring (bicyclic) bond motifs is 1. The van der Waals surface area contributed by atoms with Crippen LogP contribution in [-0.4, -0.2) is 52.4 Å². The largest absolute Gasteiger partial charge is 0.493 e. The Bertz CT molecular complexity index is 1400. The second-order valence-corrected chi connectivity index (χ2v) is 8.66. The highest BCUT2D eigenvalue weighted by molar-refractivity contribution is 5.87. The number of carbonyl (C=O) groups excluding carboxylic acids is 1. The van der Waals surface area contributed by atoms with Gasteiger partial charge in [-0.05, 0) is 49.2 Å². The summed E-state index contributed by atoms with van der Waals surface area (Å²) in [7, 11) is 1.60. The first-order valence-corrected chi connectivity index (χ1v) is 11.9. The van der Waals surface area contributed by atoms with E-state index in [0.29, 0.717) is 54.9 Å². The van der Waals surface area contributed by atoms with Gasteiger partial charge in [-0.2, -0.15) is 5.10 Å². The Morgan fingerprint density at radius 2 is 2.19 bits per heavy atom. The van der Waals surface area contributed by atoms with Crippen LogP contribution in [0.5, 0.6) is 11.5 Å². The van der Waals surface area contributed by atoms with Crippen molar-refractivity contribution < 1.29 is 14.3 Å². The summed E-state index contributed by atoms with van der Waals surface area (Å²) in [6, 6.07) is 11.4. The molecule has 2 aliphatic heterocycles. The number of benzene rings is 1. The van der Waals surface area contributed by atoms with Crippen molar-refractivity contribution in [3.05, 3.63) is 71.7 Å². The third-order valence-electron chi connectivity index (χ3n) is 6.42. The van der Waals surface area contributed by atoms with Crippen LogP contribution in [0, 0.1) is 0 Å². The molecule has 1 aromatic carbocycles. The fourth-order valence-corrected chi connectivity index (χ4v) is 4.62. The van der Waals surface area contributed by atoms with Gasteiger partial charge in [-0.3, -0.25) is 9.78 Å². The maximum Gasteiger partial charge on any atom is 0.246 e. The van der Waals surface area contributed by atoms with Gasteiger partial charge in [0.15, 0.2) is 17.0 Å². The van der Waals surface area contributed by atoms with E-state index in [9.17, 15) is 4.79 Å². The lowest BCUT2D eigenvalue weighted by atomic mass is 10.1. The van der Waals surface area contributed by atoms with E-state index in [2.05, 4.69) is 21.9 Å². The molecule has 36 heavy (non-hydrogen) atoms. The molecule has 0 spiro atoms. The van der Waals surface area contributed by atoms with Gasteiger partial charge in [-0.1, -0.05) is 12.6 Å². The number of nitrogens with one attached hydrogen (secondary N) is 1. The third kappa shape index (κ3) is 4.49. The van der Waals surface area contributed by atoms with Crippen molar-refractivity contribution in [2.75, 3.05) is 26.9 Å². The normalized spacial score (nSPS) is 17.0. The molecule has 186 valence electrons. The molecule has 3 N–H and O–H groups in total. The number of hydrogen-bond acceptors (Lipinski definition) is 8. The second-order valence-electron chi connectivity index (χ2n) is 8.66. The number of nitrogens with zero attached hydrogens (tertiary/aromatic N) is 5. The highest BCUT2D eigenvalue weighted by atomic mass is 16.5. The van der Waals surface area contributed by atoms with Crippen LogP contribution in [0.1, 0.15) is 24.6 Å². The monoisotopic (exact) mass is 487 g/mol. The van der Waals surface area contributed by atoms with E-state index in [4.69, 9.17) is 20.3 Å². The van der Waals surface area contributed by atoms with Crippen LogP contribution in [0.3, 0.4) is 0 Å². The summed E-state index contributed by atoms with van der Waals surface area (Å²) in [5, 5.41) is 8.83. The average molecular weight is 488 g/mol. The van der Waals surface area contributed by atoms with Gasteiger partial charge in [0.05, 0.1) is 24.1 Å². The predicted octanol–water partition coefficient (Wildman–Crippen LogP) is 1.09. The van der Waals surface area contributed by atoms with Gasteiger partial charge in [0.1, 0.15) is 24.8 Å². The number of nitrogens with two attached hydrogens (primary N) is 1. The molecule has 0 bridgehead atoms. The van der Waals surface area contributed by atoms with Gasteiger partial charge in [-0.15, -0.1) is 0 Å². The minimum atomic E-state index is -0.0725. The molecule has 10 heteroatoms. The lowest BCUT2D eigenvalue weighted by Crippen LogP contribution is -2.47. The molecular weight excluding hydrogens is 458 g/mol. The molecular formula is C26H29N7O3. The molecule has 0 radical (unpaired) electrons. The molecule has 0 saturated carbocycles. The first kappa shape index (κ1) is 23.4. The molecule has 1 amide bonds. The summed E-state index contributed by atoms with van der Waals surface area (Å²) >= 11 is 0. The summed E-state index contributed by atoms with van der Waals surface area (Å²) in [5.41, 5.74) is 9.44. The van der Waals surface area contributed by atoms with Crippen LogP contribution in [-0.2, 0) is 11.4 Å². The Morgan fingerprint density at radius 1 is 1.31 bits per heavy atom. The lowest BCUT2D eigenvalue weighted by Gasteiger charge is -2.32. The topological polar surface area (TPSA) is 120 Å². The van der Waals surface area contributed by atoms with Gasteiger partial charge in [0.25, 0.3) is 0 Å². The zero-order valence-corrected chi connectivity index (χ0v) is 20.2. The average Bonchev–Trinajstić information content (AvgIpc) is 3.33. The Labute approximate surface area is 208 Å². The van der Waals surface area contributed by atoms with E-state index in [1.54, 1.807) is 18.2 Å². The Kier molecular flexibility index (Phi) is 6.57. The van der Waals surface area contributed by atoms with Gasteiger partial charge < -0.3 is 25.4 Å². The van der Waals surface area contributed by atoms with Crippen LogP contribution in [0.2, 0.25) is 0 Å². The molecule has 1 saturated heterocycles. The molecule has 0 unspecified atom stereocenters.